The number of alkyl halides is 1. The molecule has 1 aromatic carbocycles. The van der Waals surface area contributed by atoms with E-state index in [1.807, 2.05) is 31.2 Å². The zero-order chi connectivity index (χ0) is 20.2. The van der Waals surface area contributed by atoms with E-state index in [1.54, 1.807) is 23.1 Å². The fraction of sp³-hybridized carbons (Fsp3) is 0.400. The lowest BCUT2D eigenvalue weighted by Crippen LogP contribution is -2.46. The minimum Gasteiger partial charge on any atom is -0.445 e. The topological polar surface area (TPSA) is 84.6 Å². The number of aryl methyl sites for hydroxylation is 1. The standard InChI is InChI=1S/C20H23FN6O2/c1-14-2-4-15(5-3-14)12-29-20(28)26-7-6-16(17(21)11-26)8-23-18-9-22-10-19-25-24-13-27(18)19/h2-5,9-10,13,16-17,23H,6-8,11-12H2,1H3/t16-,17?/m0/s1. The molecule has 0 radical (unpaired) electrons. The van der Waals surface area contributed by atoms with Crippen LogP contribution in [0.5, 0.6) is 0 Å². The first-order valence-electron chi connectivity index (χ1n) is 9.59. The molecule has 9 heteroatoms. The molecule has 8 nitrogen and oxygen atoms in total. The van der Waals surface area contributed by atoms with Crippen LogP contribution in [0.25, 0.3) is 5.65 Å². The van der Waals surface area contributed by atoms with E-state index in [0.717, 1.165) is 11.1 Å². The normalized spacial score (nSPS) is 19.3. The Labute approximate surface area is 167 Å². The zero-order valence-corrected chi connectivity index (χ0v) is 16.2. The van der Waals surface area contributed by atoms with E-state index >= 15 is 0 Å². The molecule has 1 unspecified atom stereocenters. The first-order chi connectivity index (χ1) is 14.1. The second kappa shape index (κ2) is 8.42. The van der Waals surface area contributed by atoms with E-state index in [0.29, 0.717) is 31.0 Å². The second-order valence-electron chi connectivity index (χ2n) is 7.28. The number of hydrogen-bond acceptors (Lipinski definition) is 6. The van der Waals surface area contributed by atoms with E-state index < -0.39 is 12.3 Å². The summed E-state index contributed by atoms with van der Waals surface area (Å²) in [6, 6.07) is 7.78. The van der Waals surface area contributed by atoms with Gasteiger partial charge in [0.2, 0.25) is 0 Å². The Morgan fingerprint density at radius 1 is 1.31 bits per heavy atom. The van der Waals surface area contributed by atoms with Crippen molar-refractivity contribution in [2.45, 2.75) is 26.1 Å². The Morgan fingerprint density at radius 2 is 2.14 bits per heavy atom. The maximum Gasteiger partial charge on any atom is 0.410 e. The highest BCUT2D eigenvalue weighted by atomic mass is 19.1. The SMILES string of the molecule is Cc1ccc(COC(=O)N2CC[C@@H](CNc3cncc4nncn34)C(F)C2)cc1. The van der Waals surface area contributed by atoms with Crippen molar-refractivity contribution in [3.8, 4) is 0 Å². The van der Waals surface area contributed by atoms with Crippen LogP contribution in [0.4, 0.5) is 15.0 Å². The summed E-state index contributed by atoms with van der Waals surface area (Å²) < 4.78 is 21.8. The molecule has 3 heterocycles. The molecule has 0 spiro atoms. The first kappa shape index (κ1) is 19.1. The smallest absolute Gasteiger partial charge is 0.410 e. The van der Waals surface area contributed by atoms with Crippen molar-refractivity contribution < 1.29 is 13.9 Å². The third-order valence-corrected chi connectivity index (χ3v) is 5.18. The molecule has 29 heavy (non-hydrogen) atoms. The zero-order valence-electron chi connectivity index (χ0n) is 16.2. The summed E-state index contributed by atoms with van der Waals surface area (Å²) in [5, 5.41) is 11.0. The van der Waals surface area contributed by atoms with Crippen molar-refractivity contribution in [1.82, 2.24) is 24.5 Å². The van der Waals surface area contributed by atoms with Gasteiger partial charge in [-0.05, 0) is 18.9 Å². The van der Waals surface area contributed by atoms with Crippen LogP contribution in [-0.4, -0.2) is 56.4 Å². The average Bonchev–Trinajstić information content (AvgIpc) is 3.22. The lowest BCUT2D eigenvalue weighted by atomic mass is 9.95. The average molecular weight is 398 g/mol. The summed E-state index contributed by atoms with van der Waals surface area (Å²) in [6.07, 6.45) is 3.80. The van der Waals surface area contributed by atoms with Gasteiger partial charge in [0.1, 0.15) is 24.9 Å². The lowest BCUT2D eigenvalue weighted by molar-refractivity contribution is 0.0544. The van der Waals surface area contributed by atoms with Crippen LogP contribution in [0.15, 0.2) is 43.0 Å². The summed E-state index contributed by atoms with van der Waals surface area (Å²) in [6.45, 7) is 3.13. The summed E-state index contributed by atoms with van der Waals surface area (Å²) in [7, 11) is 0. The van der Waals surface area contributed by atoms with Gasteiger partial charge in [0.05, 0.1) is 18.9 Å². The van der Waals surface area contributed by atoms with E-state index in [9.17, 15) is 9.18 Å². The van der Waals surface area contributed by atoms with Crippen molar-refractivity contribution in [3.05, 3.63) is 54.1 Å². The van der Waals surface area contributed by atoms with Crippen molar-refractivity contribution >= 4 is 17.6 Å². The lowest BCUT2D eigenvalue weighted by Gasteiger charge is -2.34. The molecule has 2 atom stereocenters. The van der Waals surface area contributed by atoms with Crippen LogP contribution in [0, 0.1) is 12.8 Å². The number of piperidine rings is 1. The Hall–Kier alpha value is -3.23. The molecule has 1 fully saturated rings. The minimum absolute atomic E-state index is 0.0359. The molecule has 1 N–H and O–H groups in total. The van der Waals surface area contributed by atoms with Crippen LogP contribution in [0.1, 0.15) is 17.5 Å². The van der Waals surface area contributed by atoms with Crippen LogP contribution in [-0.2, 0) is 11.3 Å². The number of aromatic nitrogens is 4. The highest BCUT2D eigenvalue weighted by molar-refractivity contribution is 5.67. The number of nitrogens with one attached hydrogen (secondary N) is 1. The number of halogens is 1. The van der Waals surface area contributed by atoms with Gasteiger partial charge in [-0.25, -0.2) is 9.18 Å². The molecule has 0 bridgehead atoms. The van der Waals surface area contributed by atoms with Crippen molar-refractivity contribution in [3.63, 3.8) is 0 Å². The number of rotatable bonds is 5. The van der Waals surface area contributed by atoms with Gasteiger partial charge >= 0.3 is 6.09 Å². The summed E-state index contributed by atoms with van der Waals surface area (Å²) in [4.78, 5) is 17.8. The number of benzene rings is 1. The number of anilines is 1. The van der Waals surface area contributed by atoms with Gasteiger partial charge in [-0.1, -0.05) is 29.8 Å². The first-order valence-corrected chi connectivity index (χ1v) is 9.59. The monoisotopic (exact) mass is 398 g/mol. The molecule has 152 valence electrons. The molecule has 1 amide bonds. The van der Waals surface area contributed by atoms with E-state index in [2.05, 4.69) is 20.5 Å². The number of nitrogens with zero attached hydrogens (tertiary/aromatic N) is 5. The van der Waals surface area contributed by atoms with Gasteiger partial charge in [0, 0.05) is 19.0 Å². The van der Waals surface area contributed by atoms with Crippen LogP contribution in [0.2, 0.25) is 0 Å². The quantitative estimate of drug-likeness (QED) is 0.711. The minimum atomic E-state index is -1.13. The Bertz CT molecular complexity index is 977. The number of ether oxygens (including phenoxy) is 1. The third kappa shape index (κ3) is 4.44. The molecule has 3 aromatic rings. The van der Waals surface area contributed by atoms with Crippen molar-refractivity contribution in [2.24, 2.45) is 5.92 Å². The van der Waals surface area contributed by atoms with E-state index in [-0.39, 0.29) is 19.1 Å². The van der Waals surface area contributed by atoms with Crippen LogP contribution in [0.3, 0.4) is 0 Å². The summed E-state index contributed by atoms with van der Waals surface area (Å²) >= 11 is 0. The molecule has 0 aliphatic carbocycles. The third-order valence-electron chi connectivity index (χ3n) is 5.18. The maximum absolute atomic E-state index is 14.7. The molecule has 1 aliphatic heterocycles. The van der Waals surface area contributed by atoms with Gasteiger partial charge in [-0.2, -0.15) is 0 Å². The molecule has 0 saturated carbocycles. The molecule has 1 aliphatic rings. The van der Waals surface area contributed by atoms with Gasteiger partial charge in [-0.3, -0.25) is 9.38 Å². The highest BCUT2D eigenvalue weighted by Gasteiger charge is 2.32. The van der Waals surface area contributed by atoms with Gasteiger partial charge in [0.15, 0.2) is 5.65 Å². The largest absolute Gasteiger partial charge is 0.445 e. The summed E-state index contributed by atoms with van der Waals surface area (Å²) in [5.41, 5.74) is 2.68. The maximum atomic E-state index is 14.7. The molecule has 2 aromatic heterocycles. The Morgan fingerprint density at radius 3 is 2.93 bits per heavy atom. The van der Waals surface area contributed by atoms with Crippen molar-refractivity contribution in [2.75, 3.05) is 25.0 Å². The van der Waals surface area contributed by atoms with Gasteiger partial charge in [0.25, 0.3) is 0 Å². The number of hydrogen-bond donors (Lipinski definition) is 1. The molecule has 4 rings (SSSR count). The number of fused-ring (bicyclic) bond motifs is 1. The fourth-order valence-corrected chi connectivity index (χ4v) is 3.39. The van der Waals surface area contributed by atoms with E-state index in [4.69, 9.17) is 4.74 Å². The fourth-order valence-electron chi connectivity index (χ4n) is 3.39. The number of likely N-dealkylation sites (tertiary alicyclic amines) is 1. The van der Waals surface area contributed by atoms with Crippen LogP contribution < -0.4 is 5.32 Å². The van der Waals surface area contributed by atoms with E-state index in [1.165, 1.54) is 4.90 Å². The van der Waals surface area contributed by atoms with Crippen LogP contribution >= 0.6 is 0 Å². The number of carbonyl (C=O) groups excluding carboxylic acids is 1. The molecule has 1 saturated heterocycles. The predicted octanol–water partition coefficient (Wildman–Crippen LogP) is 2.84. The summed E-state index contributed by atoms with van der Waals surface area (Å²) in [5.74, 6) is 0.502. The Kier molecular flexibility index (Phi) is 5.55. The predicted molar refractivity (Wildman–Crippen MR) is 105 cm³/mol. The molecular weight excluding hydrogens is 375 g/mol. The number of carbonyl (C=O) groups is 1. The molecular formula is C20H23FN6O2. The van der Waals surface area contributed by atoms with Gasteiger partial charge in [-0.15, -0.1) is 10.2 Å². The number of amides is 1. The second-order valence-corrected chi connectivity index (χ2v) is 7.28. The Balaban J connectivity index is 1.27. The van der Waals surface area contributed by atoms with Gasteiger partial charge < -0.3 is 15.0 Å². The van der Waals surface area contributed by atoms with Crippen molar-refractivity contribution in [1.29, 1.82) is 0 Å². The highest BCUT2D eigenvalue weighted by Crippen LogP contribution is 2.22.